The molecule has 0 aliphatic heterocycles. The monoisotopic (exact) mass is 234 g/mol. The maximum atomic E-state index is 11.6. The zero-order chi connectivity index (χ0) is 13.2. The van der Waals surface area contributed by atoms with Crippen molar-refractivity contribution in [2.45, 2.75) is 52.6 Å². The number of carbonyl (C=O) groups excluding carboxylic acids is 1. The van der Waals surface area contributed by atoms with Crippen LogP contribution in [0.3, 0.4) is 0 Å². The lowest BCUT2D eigenvalue weighted by Crippen LogP contribution is -2.23. The first kappa shape index (κ1) is 13.9. The zero-order valence-electron chi connectivity index (χ0n) is 11.4. The number of aliphatic hydroxyl groups is 1. The van der Waals surface area contributed by atoms with Gasteiger partial charge in [0, 0.05) is 12.0 Å². The number of carbonyl (C=O) groups is 1. The van der Waals surface area contributed by atoms with Crippen LogP contribution < -0.4 is 0 Å². The average molecular weight is 234 g/mol. The van der Waals surface area contributed by atoms with Crippen LogP contribution in [0.1, 0.15) is 62.0 Å². The number of benzene rings is 1. The second kappa shape index (κ2) is 5.01. The minimum atomic E-state index is -0.792. The fourth-order valence-electron chi connectivity index (χ4n) is 1.93. The Morgan fingerprint density at radius 2 is 1.94 bits per heavy atom. The molecule has 1 aromatic rings. The Hall–Kier alpha value is -1.15. The predicted molar refractivity (Wildman–Crippen MR) is 70.5 cm³/mol. The van der Waals surface area contributed by atoms with Crippen LogP contribution in [0.2, 0.25) is 0 Å². The van der Waals surface area contributed by atoms with Crippen LogP contribution in [-0.4, -0.2) is 16.5 Å². The third-order valence-electron chi connectivity index (χ3n) is 2.80. The van der Waals surface area contributed by atoms with E-state index in [1.54, 1.807) is 20.8 Å². The van der Waals surface area contributed by atoms with E-state index in [2.05, 4.69) is 13.8 Å². The highest BCUT2D eigenvalue weighted by Crippen LogP contribution is 2.23. The van der Waals surface area contributed by atoms with Gasteiger partial charge in [-0.3, -0.25) is 4.79 Å². The van der Waals surface area contributed by atoms with Gasteiger partial charge in [-0.2, -0.15) is 0 Å². The molecule has 0 radical (unpaired) electrons. The summed E-state index contributed by atoms with van der Waals surface area (Å²) >= 11 is 0. The van der Waals surface area contributed by atoms with E-state index >= 15 is 0 Å². The molecule has 1 N–H and O–H groups in total. The van der Waals surface area contributed by atoms with Gasteiger partial charge in [0.25, 0.3) is 0 Å². The van der Waals surface area contributed by atoms with Crippen LogP contribution in [0.5, 0.6) is 0 Å². The summed E-state index contributed by atoms with van der Waals surface area (Å²) in [7, 11) is 0. The minimum absolute atomic E-state index is 0.0551. The maximum absolute atomic E-state index is 11.6. The Kier molecular flexibility index (Phi) is 4.10. The van der Waals surface area contributed by atoms with Gasteiger partial charge in [-0.15, -0.1) is 0 Å². The number of ketones is 1. The summed E-state index contributed by atoms with van der Waals surface area (Å²) in [4.78, 5) is 11.6. The summed E-state index contributed by atoms with van der Waals surface area (Å²) in [5.74, 6) is 0.483. The minimum Gasteiger partial charge on any atom is -0.390 e. The molecule has 0 aromatic heterocycles. The van der Waals surface area contributed by atoms with Gasteiger partial charge in [-0.05, 0) is 37.8 Å². The van der Waals surface area contributed by atoms with E-state index < -0.39 is 5.60 Å². The Labute approximate surface area is 104 Å². The topological polar surface area (TPSA) is 37.3 Å². The highest BCUT2D eigenvalue weighted by molar-refractivity contribution is 5.95. The second-order valence-electron chi connectivity index (χ2n) is 5.62. The molecule has 0 fully saturated rings. The molecule has 0 heterocycles. The largest absolute Gasteiger partial charge is 0.390 e. The number of Topliss-reactive ketones (excluding diaryl/α,β-unsaturated/α-hetero) is 1. The predicted octanol–water partition coefficient (Wildman–Crippen LogP) is 3.33. The van der Waals surface area contributed by atoms with E-state index in [1.807, 2.05) is 18.2 Å². The van der Waals surface area contributed by atoms with Crippen molar-refractivity contribution >= 4 is 5.78 Å². The normalized spacial score (nSPS) is 11.9. The van der Waals surface area contributed by atoms with Crippen LogP contribution in [0, 0.1) is 0 Å². The van der Waals surface area contributed by atoms with Gasteiger partial charge in [-0.1, -0.05) is 32.0 Å². The molecule has 0 saturated heterocycles. The van der Waals surface area contributed by atoms with E-state index in [4.69, 9.17) is 0 Å². The molecule has 1 aromatic carbocycles. The van der Waals surface area contributed by atoms with Gasteiger partial charge in [0.05, 0.1) is 5.60 Å². The van der Waals surface area contributed by atoms with Gasteiger partial charge in [0.1, 0.15) is 0 Å². The lowest BCUT2D eigenvalue weighted by atomic mass is 9.89. The number of rotatable bonds is 4. The lowest BCUT2D eigenvalue weighted by molar-refractivity contribution is 0.0805. The fourth-order valence-corrected chi connectivity index (χ4v) is 1.93. The smallest absolute Gasteiger partial charge is 0.160 e. The van der Waals surface area contributed by atoms with Gasteiger partial charge >= 0.3 is 0 Å². The first-order chi connectivity index (χ1) is 7.70. The average Bonchev–Trinajstić information content (AvgIpc) is 2.14. The summed E-state index contributed by atoms with van der Waals surface area (Å²) in [6.45, 7) is 9.34. The molecule has 17 heavy (non-hydrogen) atoms. The van der Waals surface area contributed by atoms with Crippen LogP contribution in [-0.2, 0) is 6.42 Å². The van der Waals surface area contributed by atoms with Crippen LogP contribution in [0.15, 0.2) is 18.2 Å². The Morgan fingerprint density at radius 3 is 2.35 bits per heavy atom. The third kappa shape index (κ3) is 3.97. The van der Waals surface area contributed by atoms with Crippen molar-refractivity contribution in [1.82, 2.24) is 0 Å². The molecule has 0 spiro atoms. The molecule has 0 amide bonds. The summed E-state index contributed by atoms with van der Waals surface area (Å²) in [6, 6.07) is 5.91. The standard InChI is InChI=1S/C15H22O2/c1-10(2)12-6-7-14(11(3)16)13(8-12)9-15(4,5)17/h6-8,10,17H,9H2,1-5H3. The Morgan fingerprint density at radius 1 is 1.35 bits per heavy atom. The first-order valence-electron chi connectivity index (χ1n) is 6.07. The molecule has 2 heteroatoms. The molecular weight excluding hydrogens is 212 g/mol. The van der Waals surface area contributed by atoms with Crippen molar-refractivity contribution in [3.05, 3.63) is 34.9 Å². The molecule has 94 valence electrons. The van der Waals surface area contributed by atoms with E-state index in [-0.39, 0.29) is 5.78 Å². The van der Waals surface area contributed by atoms with E-state index in [9.17, 15) is 9.90 Å². The Bertz CT molecular complexity index is 411. The van der Waals surface area contributed by atoms with Gasteiger partial charge in [-0.25, -0.2) is 0 Å². The molecule has 0 atom stereocenters. The van der Waals surface area contributed by atoms with Crippen molar-refractivity contribution in [3.8, 4) is 0 Å². The highest BCUT2D eigenvalue weighted by Gasteiger charge is 2.18. The third-order valence-corrected chi connectivity index (χ3v) is 2.80. The van der Waals surface area contributed by atoms with E-state index in [0.717, 1.165) is 11.1 Å². The summed E-state index contributed by atoms with van der Waals surface area (Å²) in [6.07, 6.45) is 0.502. The molecule has 0 aliphatic rings. The van der Waals surface area contributed by atoms with Crippen LogP contribution in [0.25, 0.3) is 0 Å². The van der Waals surface area contributed by atoms with E-state index in [0.29, 0.717) is 12.3 Å². The highest BCUT2D eigenvalue weighted by atomic mass is 16.3. The van der Waals surface area contributed by atoms with Crippen molar-refractivity contribution in [2.24, 2.45) is 0 Å². The van der Waals surface area contributed by atoms with Crippen LogP contribution in [0.4, 0.5) is 0 Å². The molecule has 0 saturated carbocycles. The summed E-state index contributed by atoms with van der Waals surface area (Å²) < 4.78 is 0. The number of hydrogen-bond acceptors (Lipinski definition) is 2. The van der Waals surface area contributed by atoms with Gasteiger partial charge in [0.15, 0.2) is 5.78 Å². The molecule has 0 unspecified atom stereocenters. The molecule has 2 nitrogen and oxygen atoms in total. The summed E-state index contributed by atoms with van der Waals surface area (Å²) in [5.41, 5.74) is 2.07. The maximum Gasteiger partial charge on any atom is 0.160 e. The van der Waals surface area contributed by atoms with Crippen LogP contribution >= 0.6 is 0 Å². The molecule has 1 rings (SSSR count). The van der Waals surface area contributed by atoms with Gasteiger partial charge < -0.3 is 5.11 Å². The van der Waals surface area contributed by atoms with Gasteiger partial charge in [0.2, 0.25) is 0 Å². The van der Waals surface area contributed by atoms with Crippen molar-refractivity contribution in [3.63, 3.8) is 0 Å². The van der Waals surface area contributed by atoms with Crippen molar-refractivity contribution in [1.29, 1.82) is 0 Å². The van der Waals surface area contributed by atoms with E-state index in [1.165, 1.54) is 5.56 Å². The quantitative estimate of drug-likeness (QED) is 0.811. The second-order valence-corrected chi connectivity index (χ2v) is 5.62. The molecule has 0 bridgehead atoms. The Balaban J connectivity index is 3.21. The molecule has 0 aliphatic carbocycles. The number of hydrogen-bond donors (Lipinski definition) is 1. The molecular formula is C15H22O2. The fraction of sp³-hybridized carbons (Fsp3) is 0.533. The SMILES string of the molecule is CC(=O)c1ccc(C(C)C)cc1CC(C)(C)O. The lowest BCUT2D eigenvalue weighted by Gasteiger charge is -2.20. The zero-order valence-corrected chi connectivity index (χ0v) is 11.4. The first-order valence-corrected chi connectivity index (χ1v) is 6.07. The van der Waals surface area contributed by atoms with Crippen molar-refractivity contribution < 1.29 is 9.90 Å². The summed E-state index contributed by atoms with van der Waals surface area (Å²) in [5, 5.41) is 9.90. The van der Waals surface area contributed by atoms with Crippen molar-refractivity contribution in [2.75, 3.05) is 0 Å².